The first kappa shape index (κ1) is 15.2. The molecule has 4 N–H and O–H groups in total. The van der Waals surface area contributed by atoms with E-state index >= 15 is 0 Å². The molecule has 0 unspecified atom stereocenters. The van der Waals surface area contributed by atoms with E-state index in [0.29, 0.717) is 22.4 Å². The fourth-order valence-corrected chi connectivity index (χ4v) is 2.67. The summed E-state index contributed by atoms with van der Waals surface area (Å²) in [5.41, 5.74) is 5.79. The van der Waals surface area contributed by atoms with Gasteiger partial charge in [0.25, 0.3) is 5.91 Å². The second-order valence-corrected chi connectivity index (χ2v) is 5.75. The number of hydrogen-bond acceptors (Lipinski definition) is 7. The SMILES string of the molecule is CCn1cnnc1CNC(=O)c1sc(NC(C)C)nc1N. The van der Waals surface area contributed by atoms with Crippen molar-refractivity contribution in [3.63, 3.8) is 0 Å². The Kier molecular flexibility index (Phi) is 4.73. The lowest BCUT2D eigenvalue weighted by molar-refractivity contribution is 0.0954. The van der Waals surface area contributed by atoms with E-state index in [1.165, 1.54) is 11.3 Å². The van der Waals surface area contributed by atoms with Crippen LogP contribution in [0.1, 0.15) is 36.3 Å². The second-order valence-electron chi connectivity index (χ2n) is 4.75. The van der Waals surface area contributed by atoms with Crippen molar-refractivity contribution >= 4 is 28.2 Å². The average molecular weight is 309 g/mol. The predicted octanol–water partition coefficient (Wildman–Crippen LogP) is 1.09. The van der Waals surface area contributed by atoms with E-state index in [1.807, 2.05) is 25.3 Å². The Morgan fingerprint density at radius 1 is 1.52 bits per heavy atom. The van der Waals surface area contributed by atoms with Crippen molar-refractivity contribution in [2.75, 3.05) is 11.1 Å². The van der Waals surface area contributed by atoms with Gasteiger partial charge < -0.3 is 20.9 Å². The number of aromatic nitrogens is 4. The van der Waals surface area contributed by atoms with Gasteiger partial charge in [-0.2, -0.15) is 0 Å². The van der Waals surface area contributed by atoms with Crippen molar-refractivity contribution < 1.29 is 4.79 Å². The summed E-state index contributed by atoms with van der Waals surface area (Å²) in [6, 6.07) is 0.231. The highest BCUT2D eigenvalue weighted by molar-refractivity contribution is 7.18. The van der Waals surface area contributed by atoms with Crippen LogP contribution >= 0.6 is 11.3 Å². The molecule has 0 spiro atoms. The van der Waals surface area contributed by atoms with Crippen molar-refractivity contribution in [3.05, 3.63) is 17.0 Å². The van der Waals surface area contributed by atoms with Crippen molar-refractivity contribution in [2.24, 2.45) is 0 Å². The third-order valence-electron chi connectivity index (χ3n) is 2.72. The van der Waals surface area contributed by atoms with Gasteiger partial charge in [-0.3, -0.25) is 4.79 Å². The number of carbonyl (C=O) groups is 1. The maximum atomic E-state index is 12.2. The monoisotopic (exact) mass is 309 g/mol. The Labute approximate surface area is 126 Å². The van der Waals surface area contributed by atoms with Crippen molar-refractivity contribution in [1.82, 2.24) is 25.1 Å². The second kappa shape index (κ2) is 6.53. The number of aryl methyl sites for hydroxylation is 1. The van der Waals surface area contributed by atoms with Crippen LogP contribution in [0.25, 0.3) is 0 Å². The maximum Gasteiger partial charge on any atom is 0.265 e. The van der Waals surface area contributed by atoms with E-state index in [4.69, 9.17) is 5.73 Å². The van der Waals surface area contributed by atoms with Crippen LogP contribution in [-0.4, -0.2) is 31.7 Å². The molecule has 0 aromatic carbocycles. The molecule has 2 heterocycles. The number of rotatable bonds is 6. The van der Waals surface area contributed by atoms with Crippen LogP contribution in [0, 0.1) is 0 Å². The standard InChI is InChI=1S/C12H19N7OS/c1-4-19-6-15-18-8(19)5-14-11(20)9-10(13)17-12(21-9)16-7(2)3/h6-7H,4-5,13H2,1-3H3,(H,14,20)(H,16,17). The molecule has 2 rings (SSSR count). The minimum absolute atomic E-state index is 0.231. The molecule has 0 atom stereocenters. The van der Waals surface area contributed by atoms with Crippen molar-refractivity contribution in [2.45, 2.75) is 39.9 Å². The van der Waals surface area contributed by atoms with Crippen LogP contribution in [0.3, 0.4) is 0 Å². The van der Waals surface area contributed by atoms with Gasteiger partial charge >= 0.3 is 0 Å². The first-order chi connectivity index (χ1) is 10.0. The summed E-state index contributed by atoms with van der Waals surface area (Å²) in [6.07, 6.45) is 1.63. The normalized spacial score (nSPS) is 10.9. The minimum atomic E-state index is -0.257. The van der Waals surface area contributed by atoms with Crippen LogP contribution < -0.4 is 16.4 Å². The van der Waals surface area contributed by atoms with Crippen LogP contribution in [0.5, 0.6) is 0 Å². The topological polar surface area (TPSA) is 111 Å². The fraction of sp³-hybridized carbons (Fsp3) is 0.500. The Bertz CT molecular complexity index is 619. The van der Waals surface area contributed by atoms with Crippen molar-refractivity contribution in [3.8, 4) is 0 Å². The van der Waals surface area contributed by atoms with Crippen LogP contribution in [0.4, 0.5) is 10.9 Å². The number of hydrogen-bond donors (Lipinski definition) is 3. The van der Waals surface area contributed by atoms with E-state index in [0.717, 1.165) is 6.54 Å². The Hall–Kier alpha value is -2.16. The van der Waals surface area contributed by atoms with E-state index in [-0.39, 0.29) is 17.8 Å². The van der Waals surface area contributed by atoms with Crippen LogP contribution in [-0.2, 0) is 13.1 Å². The number of thiazole rings is 1. The minimum Gasteiger partial charge on any atom is -0.382 e. The fourth-order valence-electron chi connectivity index (χ4n) is 1.72. The lowest BCUT2D eigenvalue weighted by Crippen LogP contribution is -2.24. The van der Waals surface area contributed by atoms with Gasteiger partial charge in [-0.25, -0.2) is 4.98 Å². The molecule has 0 fully saturated rings. The largest absolute Gasteiger partial charge is 0.382 e. The molecule has 114 valence electrons. The molecule has 9 heteroatoms. The third-order valence-corrected chi connectivity index (χ3v) is 3.72. The van der Waals surface area contributed by atoms with Crippen molar-refractivity contribution in [1.29, 1.82) is 0 Å². The summed E-state index contributed by atoms with van der Waals surface area (Å²) in [5, 5.41) is 14.3. The third kappa shape index (κ3) is 3.69. The molecule has 0 aliphatic heterocycles. The Balaban J connectivity index is 2.02. The highest BCUT2D eigenvalue weighted by atomic mass is 32.1. The summed E-state index contributed by atoms with van der Waals surface area (Å²) in [4.78, 5) is 16.7. The van der Waals surface area contributed by atoms with Gasteiger partial charge in [0.2, 0.25) is 0 Å². The molecule has 0 aliphatic rings. The van der Waals surface area contributed by atoms with Gasteiger partial charge in [0, 0.05) is 12.6 Å². The molecule has 0 saturated heterocycles. The summed E-state index contributed by atoms with van der Waals surface area (Å²) in [7, 11) is 0. The van der Waals surface area contributed by atoms with Gasteiger partial charge in [-0.1, -0.05) is 11.3 Å². The lowest BCUT2D eigenvalue weighted by atomic mass is 10.4. The van der Waals surface area contributed by atoms with Gasteiger partial charge in [0.05, 0.1) is 6.54 Å². The van der Waals surface area contributed by atoms with E-state index in [2.05, 4.69) is 25.8 Å². The molecule has 0 aliphatic carbocycles. The number of carbonyl (C=O) groups excluding carboxylic acids is 1. The summed E-state index contributed by atoms with van der Waals surface area (Å²) >= 11 is 1.24. The zero-order valence-corrected chi connectivity index (χ0v) is 13.1. The summed E-state index contributed by atoms with van der Waals surface area (Å²) < 4.78 is 1.86. The van der Waals surface area contributed by atoms with E-state index < -0.39 is 0 Å². The molecular formula is C12H19N7OS. The molecule has 2 aromatic rings. The first-order valence-electron chi connectivity index (χ1n) is 6.69. The van der Waals surface area contributed by atoms with E-state index in [1.54, 1.807) is 6.33 Å². The zero-order valence-electron chi connectivity index (χ0n) is 12.3. The number of nitrogens with two attached hydrogens (primary N) is 1. The molecule has 8 nitrogen and oxygen atoms in total. The molecule has 2 aromatic heterocycles. The van der Waals surface area contributed by atoms with Crippen LogP contribution in [0.15, 0.2) is 6.33 Å². The number of nitrogen functional groups attached to an aromatic ring is 1. The molecule has 21 heavy (non-hydrogen) atoms. The Morgan fingerprint density at radius 2 is 2.29 bits per heavy atom. The van der Waals surface area contributed by atoms with E-state index in [9.17, 15) is 4.79 Å². The lowest BCUT2D eigenvalue weighted by Gasteiger charge is -2.05. The predicted molar refractivity (Wildman–Crippen MR) is 82.2 cm³/mol. The molecule has 0 saturated carbocycles. The quantitative estimate of drug-likeness (QED) is 0.736. The molecule has 0 radical (unpaired) electrons. The zero-order chi connectivity index (χ0) is 15.4. The van der Waals surface area contributed by atoms with Crippen LogP contribution in [0.2, 0.25) is 0 Å². The maximum absolute atomic E-state index is 12.2. The summed E-state index contributed by atoms with van der Waals surface area (Å²) in [6.45, 7) is 7.03. The molecule has 1 amide bonds. The first-order valence-corrected chi connectivity index (χ1v) is 7.50. The number of anilines is 2. The molecular weight excluding hydrogens is 290 g/mol. The highest BCUT2D eigenvalue weighted by Crippen LogP contribution is 2.25. The average Bonchev–Trinajstić information content (AvgIpc) is 3.01. The highest BCUT2D eigenvalue weighted by Gasteiger charge is 2.17. The summed E-state index contributed by atoms with van der Waals surface area (Å²) in [5.74, 6) is 0.680. The smallest absolute Gasteiger partial charge is 0.265 e. The number of nitrogens with zero attached hydrogens (tertiary/aromatic N) is 4. The van der Waals surface area contributed by atoms with Gasteiger partial charge in [0.1, 0.15) is 17.0 Å². The van der Waals surface area contributed by atoms with Gasteiger partial charge in [0.15, 0.2) is 11.0 Å². The van der Waals surface area contributed by atoms with Gasteiger partial charge in [-0.05, 0) is 20.8 Å². The number of amides is 1. The Morgan fingerprint density at radius 3 is 2.95 bits per heavy atom. The van der Waals surface area contributed by atoms with Gasteiger partial charge in [-0.15, -0.1) is 10.2 Å². The molecule has 0 bridgehead atoms. The number of nitrogens with one attached hydrogen (secondary N) is 2.